The molecule has 0 aliphatic carbocycles. The first-order chi connectivity index (χ1) is 8.27. The predicted molar refractivity (Wildman–Crippen MR) is 115 cm³/mol. The fraction of sp³-hybridized carbons (Fsp3) is 0.600. The third-order valence-corrected chi connectivity index (χ3v) is 1.45. The minimum absolute atomic E-state index is 0. The molecule has 140 valence electrons. The fourth-order valence-corrected chi connectivity index (χ4v) is 0.673. The number of Topliss-reactive ketones (excluding diaryl/α,β-unsaturated/α-hetero) is 1. The first-order valence-electron chi connectivity index (χ1n) is 5.67. The van der Waals surface area contributed by atoms with Gasteiger partial charge in [0.25, 0.3) is 0 Å². The van der Waals surface area contributed by atoms with Gasteiger partial charge in [0.2, 0.25) is 5.24 Å². The second-order valence-electron chi connectivity index (χ2n) is 5.24. The Labute approximate surface area is 146 Å². The number of ketones is 1. The van der Waals surface area contributed by atoms with Crippen molar-refractivity contribution in [2.75, 3.05) is 0 Å². The third kappa shape index (κ3) is 38.3. The Morgan fingerprint density at radius 3 is 1.47 bits per heavy atom. The van der Waals surface area contributed by atoms with Crippen molar-refractivity contribution in [1.82, 2.24) is 0 Å². The van der Waals surface area contributed by atoms with Gasteiger partial charge in [0.1, 0.15) is 5.78 Å². The lowest BCUT2D eigenvalue weighted by atomic mass is 9.89. The molecule has 3 nitrogen and oxygen atoms in total. The molecule has 0 atom stereocenters. The standard InChI is InChI=1S/C8H12O.C5H9N.C2H3ClO.16H2/c1-5-8(3,4)6-7(2)9;1-4-5(2,3)6;1-2(3)4;;;;;;;;;;;;;;;;/h1H,6H2,2-4H3;1H,6H2,2-3H3;1H3;16*1H. The fourth-order valence-electron chi connectivity index (χ4n) is 0.673. The van der Waals surface area contributed by atoms with E-state index in [0.29, 0.717) is 6.42 Å². The van der Waals surface area contributed by atoms with Crippen molar-refractivity contribution in [3.63, 3.8) is 0 Å². The smallest absolute Gasteiger partial charge is 0.218 e. The van der Waals surface area contributed by atoms with E-state index in [1.807, 2.05) is 13.8 Å². The molecule has 4 heteroatoms. The normalized spacial score (nSPS) is 9.58. The van der Waals surface area contributed by atoms with Gasteiger partial charge in [0, 0.05) is 41.6 Å². The summed E-state index contributed by atoms with van der Waals surface area (Å²) in [4.78, 5) is 19.7. The molecule has 0 saturated carbocycles. The summed E-state index contributed by atoms with van der Waals surface area (Å²) in [5.74, 6) is 5.08. The number of carbonyl (C=O) groups is 2. The van der Waals surface area contributed by atoms with E-state index in [0.717, 1.165) is 0 Å². The monoisotopic (exact) mass is 317 g/mol. The molecule has 0 aliphatic heterocycles. The maximum absolute atomic E-state index is 10.5. The molecule has 0 fully saturated rings. The van der Waals surface area contributed by atoms with Crippen LogP contribution in [0.3, 0.4) is 0 Å². The van der Waals surface area contributed by atoms with Crippen molar-refractivity contribution in [2.24, 2.45) is 11.1 Å². The van der Waals surface area contributed by atoms with Crippen molar-refractivity contribution < 1.29 is 32.4 Å². The van der Waals surface area contributed by atoms with E-state index in [2.05, 4.69) is 23.4 Å². The van der Waals surface area contributed by atoms with Gasteiger partial charge in [-0.3, -0.25) is 9.59 Å². The van der Waals surface area contributed by atoms with E-state index in [4.69, 9.17) is 18.6 Å². The Bertz CT molecular complexity index is 396. The number of hydrogen-bond donors (Lipinski definition) is 1. The second-order valence-corrected chi connectivity index (χ2v) is 5.78. The zero-order chi connectivity index (χ0) is 16.3. The molecule has 0 rings (SSSR count). The number of hydrogen-bond acceptors (Lipinski definition) is 3. The summed E-state index contributed by atoms with van der Waals surface area (Å²) in [6.45, 7) is 10.2. The number of terminal acetylenes is 2. The Kier molecular flexibility index (Phi) is 12.8. The minimum Gasteiger partial charge on any atom is -0.316 e. The molecule has 0 heterocycles. The van der Waals surface area contributed by atoms with Crippen LogP contribution in [0.4, 0.5) is 0 Å². The summed E-state index contributed by atoms with van der Waals surface area (Å²) in [5.41, 5.74) is 4.61. The lowest BCUT2D eigenvalue weighted by molar-refractivity contribution is -0.118. The Balaban J connectivity index is -0.00000000543. The summed E-state index contributed by atoms with van der Waals surface area (Å²) in [6, 6.07) is 0. The highest BCUT2D eigenvalue weighted by Crippen LogP contribution is 2.17. The summed E-state index contributed by atoms with van der Waals surface area (Å²) in [6.07, 6.45) is 10.6. The molecule has 2 N–H and O–H groups in total. The number of rotatable bonds is 2. The topological polar surface area (TPSA) is 60.2 Å². The maximum Gasteiger partial charge on any atom is 0.218 e. The van der Waals surface area contributed by atoms with Crippen molar-refractivity contribution >= 4 is 22.6 Å². The van der Waals surface area contributed by atoms with Gasteiger partial charge in [0.15, 0.2) is 0 Å². The van der Waals surface area contributed by atoms with Gasteiger partial charge in [-0.2, -0.15) is 0 Å². The molecular formula is C15H56ClNO2. The number of carbonyl (C=O) groups excluding carboxylic acids is 2. The molecule has 0 spiro atoms. The van der Waals surface area contributed by atoms with E-state index in [-0.39, 0.29) is 39.3 Å². The van der Waals surface area contributed by atoms with Crippen LogP contribution in [0, 0.1) is 30.1 Å². The molecule has 0 aromatic rings. The average Bonchev–Trinajstić information content (AvgIpc) is 2.15. The van der Waals surface area contributed by atoms with Crippen LogP contribution in [0.25, 0.3) is 0 Å². The van der Waals surface area contributed by atoms with E-state index in [1.165, 1.54) is 6.92 Å². The zero-order valence-electron chi connectivity index (χ0n) is 12.6. The van der Waals surface area contributed by atoms with Crippen molar-refractivity contribution in [3.05, 3.63) is 0 Å². The molecule has 0 amide bonds. The van der Waals surface area contributed by atoms with Gasteiger partial charge in [-0.15, -0.1) is 18.8 Å². The number of nitrogens with two attached hydrogens (primary N) is 1. The zero-order valence-corrected chi connectivity index (χ0v) is 13.4. The highest BCUT2D eigenvalue weighted by molar-refractivity contribution is 6.62. The molecule has 0 unspecified atom stereocenters. The molecular weight excluding hydrogens is 262 g/mol. The van der Waals surface area contributed by atoms with Crippen LogP contribution in [0.2, 0.25) is 0 Å². The lowest BCUT2D eigenvalue weighted by Crippen LogP contribution is -2.28. The van der Waals surface area contributed by atoms with Gasteiger partial charge in [-0.1, -0.05) is 5.92 Å². The second kappa shape index (κ2) is 10.6. The van der Waals surface area contributed by atoms with Crippen LogP contribution in [-0.4, -0.2) is 16.6 Å². The first kappa shape index (κ1) is 22.9. The van der Waals surface area contributed by atoms with E-state index in [1.54, 1.807) is 20.8 Å². The SMILES string of the molecule is C#CC(C)(C)CC(C)=O.C#CC(C)(C)N.CC(=O)Cl.[HH].[HH].[HH].[HH].[HH].[HH].[HH].[HH].[HH].[HH].[HH].[HH].[HH].[HH].[HH].[HH]. The van der Waals surface area contributed by atoms with Gasteiger partial charge in [-0.25, -0.2) is 0 Å². The third-order valence-electron chi connectivity index (χ3n) is 1.45. The van der Waals surface area contributed by atoms with Crippen LogP contribution in [0.1, 0.15) is 70.8 Å². The molecule has 0 aromatic carbocycles. The molecule has 0 bridgehead atoms. The van der Waals surface area contributed by atoms with Gasteiger partial charge >= 0.3 is 0 Å². The Morgan fingerprint density at radius 2 is 1.42 bits per heavy atom. The van der Waals surface area contributed by atoms with E-state index < -0.39 is 5.54 Å². The van der Waals surface area contributed by atoms with Gasteiger partial charge in [0.05, 0.1) is 5.54 Å². The summed E-state index contributed by atoms with van der Waals surface area (Å²) < 4.78 is 0. The summed E-state index contributed by atoms with van der Waals surface area (Å²) >= 11 is 4.64. The van der Waals surface area contributed by atoms with Crippen molar-refractivity contribution in [1.29, 1.82) is 0 Å². The summed E-state index contributed by atoms with van der Waals surface area (Å²) in [7, 11) is 0. The van der Waals surface area contributed by atoms with Crippen LogP contribution >= 0.6 is 11.6 Å². The molecule has 0 radical (unpaired) electrons. The lowest BCUT2D eigenvalue weighted by Gasteiger charge is -2.13. The van der Waals surface area contributed by atoms with Crippen LogP contribution in [0.15, 0.2) is 0 Å². The van der Waals surface area contributed by atoms with Gasteiger partial charge in [-0.05, 0) is 46.2 Å². The van der Waals surface area contributed by atoms with Crippen LogP contribution in [0.5, 0.6) is 0 Å². The van der Waals surface area contributed by atoms with E-state index >= 15 is 0 Å². The highest BCUT2D eigenvalue weighted by atomic mass is 35.5. The molecule has 0 aromatic heterocycles. The number of halogens is 1. The minimum atomic E-state index is -0.431. The largest absolute Gasteiger partial charge is 0.316 e. The molecule has 0 aliphatic rings. The summed E-state index contributed by atoms with van der Waals surface area (Å²) in [5, 5.41) is -0.361. The highest BCUT2D eigenvalue weighted by Gasteiger charge is 2.15. The van der Waals surface area contributed by atoms with Crippen molar-refractivity contribution in [3.8, 4) is 24.7 Å². The first-order valence-corrected chi connectivity index (χ1v) is 6.05. The Hall–Kier alpha value is -1.29. The van der Waals surface area contributed by atoms with Crippen LogP contribution < -0.4 is 5.73 Å². The predicted octanol–water partition coefficient (Wildman–Crippen LogP) is 6.69. The van der Waals surface area contributed by atoms with Crippen molar-refractivity contribution in [2.45, 2.75) is 53.5 Å². The Morgan fingerprint density at radius 1 is 1.16 bits per heavy atom. The molecule has 0 saturated heterocycles. The quantitative estimate of drug-likeness (QED) is 0.456. The van der Waals surface area contributed by atoms with Crippen LogP contribution in [-0.2, 0) is 9.59 Å². The van der Waals surface area contributed by atoms with Gasteiger partial charge < -0.3 is 5.73 Å². The average molecular weight is 318 g/mol. The maximum atomic E-state index is 10.5. The van der Waals surface area contributed by atoms with E-state index in [9.17, 15) is 9.59 Å². The molecule has 19 heavy (non-hydrogen) atoms.